The minimum atomic E-state index is -3.76. The Morgan fingerprint density at radius 1 is 1.46 bits per heavy atom. The topological polar surface area (TPSA) is 136 Å². The zero-order valence-corrected chi connectivity index (χ0v) is 15.4. The van der Waals surface area contributed by atoms with E-state index in [4.69, 9.17) is 11.0 Å². The van der Waals surface area contributed by atoms with Gasteiger partial charge in [-0.1, -0.05) is 12.7 Å². The number of nitrogens with two attached hydrogens (primary N) is 2. The Bertz CT molecular complexity index is 895. The first-order valence-corrected chi connectivity index (χ1v) is 10.3. The van der Waals surface area contributed by atoms with Crippen molar-refractivity contribution in [2.24, 2.45) is 16.9 Å². The van der Waals surface area contributed by atoms with Gasteiger partial charge in [0.05, 0.1) is 11.4 Å². The molecular formula is C15H19FN6O2S2. The van der Waals surface area contributed by atoms with Gasteiger partial charge in [-0.25, -0.2) is 27.9 Å². The summed E-state index contributed by atoms with van der Waals surface area (Å²) in [5, 5.41) is 7.58. The van der Waals surface area contributed by atoms with Crippen LogP contribution in [0.5, 0.6) is 0 Å². The van der Waals surface area contributed by atoms with Gasteiger partial charge in [-0.3, -0.25) is 5.84 Å². The van der Waals surface area contributed by atoms with Crippen LogP contribution in [0.15, 0.2) is 40.6 Å². The average Bonchev–Trinajstić information content (AvgIpc) is 3.29. The van der Waals surface area contributed by atoms with E-state index >= 15 is 0 Å². The molecule has 11 heteroatoms. The average molecular weight is 398 g/mol. The predicted molar refractivity (Wildman–Crippen MR) is 99.0 cm³/mol. The number of primary sulfonamides is 1. The molecule has 1 atom stereocenters. The summed E-state index contributed by atoms with van der Waals surface area (Å²) >= 11 is 1.04. The molecule has 2 heterocycles. The van der Waals surface area contributed by atoms with E-state index in [-0.39, 0.29) is 15.3 Å². The van der Waals surface area contributed by atoms with Gasteiger partial charge in [0.25, 0.3) is 0 Å². The first kappa shape index (κ1) is 18.8. The molecule has 6 N–H and O–H groups in total. The minimum Gasteiger partial charge on any atom is -0.338 e. The zero-order valence-electron chi connectivity index (χ0n) is 13.8. The van der Waals surface area contributed by atoms with Gasteiger partial charge in [-0.2, -0.15) is 0 Å². The maximum absolute atomic E-state index is 14.0. The molecule has 1 saturated carbocycles. The van der Waals surface area contributed by atoms with Crippen LogP contribution in [0, 0.1) is 11.7 Å². The Balaban J connectivity index is 1.73. The molecule has 0 spiro atoms. The van der Waals surface area contributed by atoms with Crippen molar-refractivity contribution >= 4 is 27.6 Å². The van der Waals surface area contributed by atoms with Crippen LogP contribution in [0.3, 0.4) is 0 Å². The highest BCUT2D eigenvalue weighted by Gasteiger charge is 2.29. The molecule has 0 amide bonds. The van der Waals surface area contributed by atoms with Crippen molar-refractivity contribution in [1.82, 2.24) is 15.4 Å². The van der Waals surface area contributed by atoms with Crippen LogP contribution in [0.25, 0.3) is 0 Å². The molecule has 1 aliphatic heterocycles. The van der Waals surface area contributed by atoms with Gasteiger partial charge in [-0.05, 0) is 25.3 Å². The lowest BCUT2D eigenvalue weighted by atomic mass is 10.2. The number of rotatable bonds is 7. The number of hydrogen-bond acceptors (Lipinski definition) is 8. The van der Waals surface area contributed by atoms with Crippen LogP contribution in [0.2, 0.25) is 0 Å². The standard InChI is InChI=1S/C15H19FN6O2S2/c1-8(6-11(22-17)9-2-3-9)20-14-10(16)7-19-15(21-14)12-4-5-13(25-12)26(18,23)24/h5-7,9,12,22H,1-4,17H2,(H2,18,23,24)(H,19,20,21)/b11-6-. The van der Waals surface area contributed by atoms with E-state index in [1.165, 1.54) is 6.08 Å². The minimum absolute atomic E-state index is 0.0342. The Labute approximate surface area is 155 Å². The van der Waals surface area contributed by atoms with Gasteiger partial charge in [-0.15, -0.1) is 11.8 Å². The Hall–Kier alpha value is -1.95. The second kappa shape index (κ2) is 7.35. The van der Waals surface area contributed by atoms with Gasteiger partial charge in [0, 0.05) is 17.3 Å². The van der Waals surface area contributed by atoms with Gasteiger partial charge >= 0.3 is 0 Å². The van der Waals surface area contributed by atoms with Crippen LogP contribution in [0.1, 0.15) is 30.3 Å². The number of halogens is 1. The molecular weight excluding hydrogens is 379 g/mol. The Kier molecular flexibility index (Phi) is 5.32. The van der Waals surface area contributed by atoms with Crippen LogP contribution in [0.4, 0.5) is 10.2 Å². The summed E-state index contributed by atoms with van der Waals surface area (Å²) in [6, 6.07) is 0. The van der Waals surface area contributed by atoms with Crippen molar-refractivity contribution in [3.05, 3.63) is 52.2 Å². The van der Waals surface area contributed by atoms with E-state index in [2.05, 4.69) is 27.3 Å². The number of sulfonamides is 1. The molecule has 1 unspecified atom stereocenters. The number of aromatic nitrogens is 2. The summed E-state index contributed by atoms with van der Waals surface area (Å²) in [5.41, 5.74) is 3.88. The molecule has 1 aliphatic carbocycles. The monoisotopic (exact) mass is 398 g/mol. The molecule has 1 aromatic rings. The van der Waals surface area contributed by atoms with E-state index in [1.807, 2.05) is 0 Å². The highest BCUT2D eigenvalue weighted by Crippen LogP contribution is 2.44. The third-order valence-corrected chi connectivity index (χ3v) is 6.68. The molecule has 0 radical (unpaired) electrons. The van der Waals surface area contributed by atoms with Crippen molar-refractivity contribution in [1.29, 1.82) is 0 Å². The second-order valence-corrected chi connectivity index (χ2v) is 9.04. The molecule has 1 fully saturated rings. The summed E-state index contributed by atoms with van der Waals surface area (Å²) in [7, 11) is -3.76. The van der Waals surface area contributed by atoms with Crippen molar-refractivity contribution in [2.45, 2.75) is 24.5 Å². The largest absolute Gasteiger partial charge is 0.338 e. The van der Waals surface area contributed by atoms with E-state index in [0.717, 1.165) is 36.5 Å². The summed E-state index contributed by atoms with van der Waals surface area (Å²) in [6.45, 7) is 3.84. The SMILES string of the molecule is C=C(/C=C(\NN)C1CC1)Nc1nc(C2CC=C(S(N)(=O)=O)S2)ncc1F. The van der Waals surface area contributed by atoms with Gasteiger partial charge in [0.15, 0.2) is 11.6 Å². The smallest absolute Gasteiger partial charge is 0.243 e. The lowest BCUT2D eigenvalue weighted by molar-refractivity contribution is 0.605. The zero-order chi connectivity index (χ0) is 18.9. The summed E-state index contributed by atoms with van der Waals surface area (Å²) < 4.78 is 36.9. The molecule has 0 bridgehead atoms. The summed E-state index contributed by atoms with van der Waals surface area (Å²) in [6.07, 6.45) is 6.76. The van der Waals surface area contributed by atoms with E-state index in [0.29, 0.717) is 23.9 Å². The van der Waals surface area contributed by atoms with Crippen molar-refractivity contribution in [2.75, 3.05) is 5.32 Å². The van der Waals surface area contributed by atoms with Gasteiger partial charge in [0.2, 0.25) is 10.0 Å². The molecule has 2 aliphatic rings. The maximum atomic E-state index is 14.0. The normalized spacial score (nSPS) is 20.7. The quantitative estimate of drug-likeness (QED) is 0.309. The predicted octanol–water partition coefficient (Wildman–Crippen LogP) is 1.61. The van der Waals surface area contributed by atoms with Crippen molar-refractivity contribution in [3.8, 4) is 0 Å². The summed E-state index contributed by atoms with van der Waals surface area (Å²) in [4.78, 5) is 8.14. The van der Waals surface area contributed by atoms with E-state index in [9.17, 15) is 12.8 Å². The fourth-order valence-electron chi connectivity index (χ4n) is 2.45. The number of nitrogens with one attached hydrogen (secondary N) is 2. The molecule has 0 aromatic carbocycles. The van der Waals surface area contributed by atoms with Crippen molar-refractivity contribution < 1.29 is 12.8 Å². The maximum Gasteiger partial charge on any atom is 0.243 e. The highest BCUT2D eigenvalue weighted by atomic mass is 32.3. The number of thioether (sulfide) groups is 1. The Morgan fingerprint density at radius 2 is 2.19 bits per heavy atom. The number of nitrogens with zero attached hydrogens (tertiary/aromatic N) is 2. The third-order valence-electron chi connectivity index (χ3n) is 3.88. The number of hydrogen-bond donors (Lipinski definition) is 4. The third kappa shape index (κ3) is 4.41. The fourth-order valence-corrected chi connectivity index (χ4v) is 4.55. The summed E-state index contributed by atoms with van der Waals surface area (Å²) in [5.74, 6) is 5.50. The van der Waals surface area contributed by atoms with Crippen LogP contribution in [-0.4, -0.2) is 18.4 Å². The molecule has 26 heavy (non-hydrogen) atoms. The fraction of sp³-hybridized carbons (Fsp3) is 0.333. The first-order valence-electron chi connectivity index (χ1n) is 7.84. The number of hydrazine groups is 1. The lowest BCUT2D eigenvalue weighted by Gasteiger charge is -2.12. The van der Waals surface area contributed by atoms with E-state index in [1.54, 1.807) is 6.08 Å². The van der Waals surface area contributed by atoms with Gasteiger partial charge in [0.1, 0.15) is 10.1 Å². The first-order chi connectivity index (χ1) is 12.3. The molecule has 0 saturated heterocycles. The number of allylic oxidation sites excluding steroid dienone is 3. The van der Waals surface area contributed by atoms with Crippen molar-refractivity contribution in [3.63, 3.8) is 0 Å². The van der Waals surface area contributed by atoms with Crippen LogP contribution in [-0.2, 0) is 10.0 Å². The number of anilines is 1. The Morgan fingerprint density at radius 3 is 2.77 bits per heavy atom. The van der Waals surface area contributed by atoms with Crippen LogP contribution < -0.4 is 21.7 Å². The van der Waals surface area contributed by atoms with E-state index < -0.39 is 15.8 Å². The molecule has 140 valence electrons. The second-order valence-electron chi connectivity index (χ2n) is 6.00. The van der Waals surface area contributed by atoms with Gasteiger partial charge < -0.3 is 10.7 Å². The lowest BCUT2D eigenvalue weighted by Crippen LogP contribution is -2.22. The molecule has 3 rings (SSSR count). The van der Waals surface area contributed by atoms with Crippen LogP contribution >= 0.6 is 11.8 Å². The highest BCUT2D eigenvalue weighted by molar-refractivity contribution is 8.18. The molecule has 1 aromatic heterocycles. The molecule has 8 nitrogen and oxygen atoms in total.